The van der Waals surface area contributed by atoms with E-state index in [0.717, 1.165) is 11.4 Å². The van der Waals surface area contributed by atoms with E-state index < -0.39 is 0 Å². The lowest BCUT2D eigenvalue weighted by Crippen LogP contribution is -2.01. The number of halogens is 1. The lowest BCUT2D eigenvalue weighted by molar-refractivity contribution is 0.355. The zero-order valence-corrected chi connectivity index (χ0v) is 14.3. The van der Waals surface area contributed by atoms with E-state index in [0.29, 0.717) is 21.3 Å². The van der Waals surface area contributed by atoms with Crippen LogP contribution in [0.2, 0.25) is 5.02 Å². The van der Waals surface area contributed by atoms with Crippen LogP contribution in [0.3, 0.4) is 0 Å². The maximum Gasteiger partial charge on any atom is 0.216 e. The molecule has 2 rings (SSSR count). The van der Waals surface area contributed by atoms with Crippen molar-refractivity contribution in [3.8, 4) is 11.5 Å². The van der Waals surface area contributed by atoms with Crippen molar-refractivity contribution in [2.24, 2.45) is 5.10 Å². The molecular weight excluding hydrogens is 324 g/mol. The Morgan fingerprint density at radius 2 is 2.09 bits per heavy atom. The van der Waals surface area contributed by atoms with Crippen LogP contribution in [0, 0.1) is 4.77 Å². The minimum Gasteiger partial charge on any atom is -0.493 e. The zero-order valence-electron chi connectivity index (χ0n) is 12.8. The molecule has 6 nitrogen and oxygen atoms in total. The Bertz CT molecular complexity index is 752. The second-order valence-corrected chi connectivity index (χ2v) is 5.63. The molecule has 0 aliphatic carbocycles. The first-order valence-electron chi connectivity index (χ1n) is 6.61. The van der Waals surface area contributed by atoms with Gasteiger partial charge in [-0.05, 0) is 29.9 Å². The van der Waals surface area contributed by atoms with Crippen LogP contribution in [-0.2, 0) is 0 Å². The van der Waals surface area contributed by atoms with Crippen LogP contribution in [0.5, 0.6) is 11.5 Å². The van der Waals surface area contributed by atoms with Gasteiger partial charge >= 0.3 is 0 Å². The summed E-state index contributed by atoms with van der Waals surface area (Å²) in [6, 6.07) is 3.53. The number of H-pyrrole nitrogens is 1. The van der Waals surface area contributed by atoms with Crippen LogP contribution in [-0.4, -0.2) is 35.3 Å². The first-order valence-corrected chi connectivity index (χ1v) is 7.39. The third-order valence-corrected chi connectivity index (χ3v) is 3.52. The molecule has 22 heavy (non-hydrogen) atoms. The summed E-state index contributed by atoms with van der Waals surface area (Å²) in [7, 11) is 3.09. The number of rotatable bonds is 5. The van der Waals surface area contributed by atoms with Gasteiger partial charge in [-0.1, -0.05) is 25.4 Å². The van der Waals surface area contributed by atoms with E-state index in [2.05, 4.69) is 15.3 Å². The van der Waals surface area contributed by atoms with Gasteiger partial charge in [0, 0.05) is 5.92 Å². The van der Waals surface area contributed by atoms with E-state index in [1.165, 1.54) is 7.11 Å². The Balaban J connectivity index is 2.41. The Morgan fingerprint density at radius 3 is 2.68 bits per heavy atom. The molecule has 1 aromatic carbocycles. The van der Waals surface area contributed by atoms with Gasteiger partial charge in [0.2, 0.25) is 4.77 Å². The highest BCUT2D eigenvalue weighted by molar-refractivity contribution is 7.71. The molecule has 0 atom stereocenters. The highest BCUT2D eigenvalue weighted by atomic mass is 35.5. The summed E-state index contributed by atoms with van der Waals surface area (Å²) >= 11 is 11.4. The van der Waals surface area contributed by atoms with Crippen molar-refractivity contribution in [3.05, 3.63) is 33.3 Å². The van der Waals surface area contributed by atoms with Crippen LogP contribution in [0.1, 0.15) is 31.2 Å². The number of hydrogen-bond donors (Lipinski definition) is 1. The Hall–Kier alpha value is -1.86. The largest absolute Gasteiger partial charge is 0.493 e. The lowest BCUT2D eigenvalue weighted by Gasteiger charge is -2.10. The Labute approximate surface area is 138 Å². The molecule has 1 N–H and O–H groups in total. The van der Waals surface area contributed by atoms with Gasteiger partial charge in [-0.25, -0.2) is 0 Å². The minimum atomic E-state index is 0.194. The molecule has 1 aromatic heterocycles. The van der Waals surface area contributed by atoms with Crippen LogP contribution < -0.4 is 9.47 Å². The van der Waals surface area contributed by atoms with Crippen molar-refractivity contribution in [2.45, 2.75) is 19.8 Å². The quantitative estimate of drug-likeness (QED) is 0.667. The lowest BCUT2D eigenvalue weighted by atomic mass is 10.2. The summed E-state index contributed by atoms with van der Waals surface area (Å²) < 4.78 is 12.5. The van der Waals surface area contributed by atoms with Crippen LogP contribution in [0.25, 0.3) is 0 Å². The molecule has 0 aliphatic heterocycles. The number of benzene rings is 1. The second kappa shape index (κ2) is 6.93. The maximum atomic E-state index is 6.17. The minimum absolute atomic E-state index is 0.194. The molecular formula is C14H17ClN4O2S. The van der Waals surface area contributed by atoms with Gasteiger partial charge in [-0.3, -0.25) is 5.10 Å². The fraction of sp³-hybridized carbons (Fsp3) is 0.357. The smallest absolute Gasteiger partial charge is 0.216 e. The van der Waals surface area contributed by atoms with Crippen molar-refractivity contribution >= 4 is 30.0 Å². The second-order valence-electron chi connectivity index (χ2n) is 4.84. The molecule has 2 aromatic rings. The molecule has 0 radical (unpaired) electrons. The monoisotopic (exact) mass is 340 g/mol. The number of aromatic amines is 1. The molecule has 0 fully saturated rings. The van der Waals surface area contributed by atoms with Crippen molar-refractivity contribution in [1.29, 1.82) is 0 Å². The van der Waals surface area contributed by atoms with Gasteiger partial charge in [0.05, 0.1) is 25.5 Å². The fourth-order valence-electron chi connectivity index (χ4n) is 1.93. The molecule has 0 spiro atoms. The Morgan fingerprint density at radius 1 is 1.36 bits per heavy atom. The average Bonchev–Trinajstić information content (AvgIpc) is 2.85. The topological polar surface area (TPSA) is 64.4 Å². The molecule has 0 bridgehead atoms. The van der Waals surface area contributed by atoms with Crippen LogP contribution in [0.15, 0.2) is 17.2 Å². The van der Waals surface area contributed by atoms with Gasteiger partial charge in [0.1, 0.15) is 0 Å². The zero-order chi connectivity index (χ0) is 16.3. The Kier molecular flexibility index (Phi) is 5.20. The van der Waals surface area contributed by atoms with E-state index in [1.54, 1.807) is 30.1 Å². The normalized spacial score (nSPS) is 11.4. The highest BCUT2D eigenvalue weighted by Crippen LogP contribution is 2.35. The summed E-state index contributed by atoms with van der Waals surface area (Å²) in [4.78, 5) is 0. The molecule has 0 amide bonds. The summed E-state index contributed by atoms with van der Waals surface area (Å²) in [5.74, 6) is 1.98. The molecule has 0 saturated heterocycles. The summed E-state index contributed by atoms with van der Waals surface area (Å²) in [6.45, 7) is 4.04. The molecule has 1 heterocycles. The predicted molar refractivity (Wildman–Crippen MR) is 89.0 cm³/mol. The summed E-state index contributed by atoms with van der Waals surface area (Å²) in [5, 5.41) is 11.7. The number of ether oxygens (including phenoxy) is 2. The summed E-state index contributed by atoms with van der Waals surface area (Å²) in [5.41, 5.74) is 0.764. The first-order chi connectivity index (χ1) is 10.5. The van der Waals surface area contributed by atoms with E-state index in [1.807, 2.05) is 13.8 Å². The van der Waals surface area contributed by atoms with E-state index in [4.69, 9.17) is 33.3 Å². The van der Waals surface area contributed by atoms with Crippen molar-refractivity contribution in [3.63, 3.8) is 0 Å². The number of methoxy groups -OCH3 is 2. The van der Waals surface area contributed by atoms with Gasteiger partial charge in [0.25, 0.3) is 0 Å². The van der Waals surface area contributed by atoms with E-state index in [-0.39, 0.29) is 5.92 Å². The van der Waals surface area contributed by atoms with Crippen LogP contribution in [0.4, 0.5) is 0 Å². The summed E-state index contributed by atoms with van der Waals surface area (Å²) in [6.07, 6.45) is 1.64. The highest BCUT2D eigenvalue weighted by Gasteiger charge is 2.11. The van der Waals surface area contributed by atoms with Crippen molar-refractivity contribution in [1.82, 2.24) is 14.9 Å². The number of hydrogen-bond acceptors (Lipinski definition) is 5. The number of nitrogens with zero attached hydrogens (tertiary/aromatic N) is 3. The maximum absolute atomic E-state index is 6.17. The number of nitrogens with one attached hydrogen (secondary N) is 1. The fourth-order valence-corrected chi connectivity index (χ4v) is 2.41. The third kappa shape index (κ3) is 3.31. The molecule has 118 valence electrons. The van der Waals surface area contributed by atoms with Crippen molar-refractivity contribution < 1.29 is 9.47 Å². The van der Waals surface area contributed by atoms with E-state index in [9.17, 15) is 0 Å². The standard InChI is InChI=1S/C14H17ClN4O2S/c1-8(2)13-17-18-14(22)19(13)16-7-9-5-10(15)12(21-4)11(6-9)20-3/h5-8H,1-4H3,(H,18,22)/b16-7-. The van der Waals surface area contributed by atoms with Gasteiger partial charge in [0.15, 0.2) is 17.3 Å². The van der Waals surface area contributed by atoms with Gasteiger partial charge < -0.3 is 9.47 Å². The molecule has 0 saturated carbocycles. The number of aromatic nitrogens is 3. The van der Waals surface area contributed by atoms with Crippen LogP contribution >= 0.6 is 23.8 Å². The average molecular weight is 341 g/mol. The van der Waals surface area contributed by atoms with Gasteiger partial charge in [-0.2, -0.15) is 14.9 Å². The first kappa shape index (κ1) is 16.5. The molecule has 0 aliphatic rings. The SMILES string of the molecule is COc1cc(/C=N\n2c(C(C)C)n[nH]c2=S)cc(Cl)c1OC. The van der Waals surface area contributed by atoms with Gasteiger partial charge in [-0.15, -0.1) is 0 Å². The molecule has 8 heteroatoms. The predicted octanol–water partition coefficient (Wildman–Crippen LogP) is 3.62. The van der Waals surface area contributed by atoms with Crippen molar-refractivity contribution in [2.75, 3.05) is 14.2 Å². The molecule has 0 unspecified atom stereocenters. The third-order valence-electron chi connectivity index (χ3n) is 2.97. The van der Waals surface area contributed by atoms with E-state index >= 15 is 0 Å².